The van der Waals surface area contributed by atoms with Crippen LogP contribution in [-0.4, -0.2) is 35.6 Å². The van der Waals surface area contributed by atoms with E-state index >= 15 is 0 Å². The summed E-state index contributed by atoms with van der Waals surface area (Å²) < 4.78 is 0. The van der Waals surface area contributed by atoms with Crippen LogP contribution >= 0.6 is 0 Å². The van der Waals surface area contributed by atoms with Gasteiger partial charge in [0, 0.05) is 19.6 Å². The van der Waals surface area contributed by atoms with Crippen LogP contribution in [-0.2, 0) is 0 Å². The molecule has 1 heterocycles. The maximum Gasteiger partial charge on any atom is 0.335 e. The molecule has 0 bridgehead atoms. The zero-order chi connectivity index (χ0) is 12.5. The normalized spacial score (nSPS) is 19.4. The molecule has 0 spiro atoms. The van der Waals surface area contributed by atoms with Gasteiger partial charge in [-0.15, -0.1) is 0 Å². The molecular formula is C15H17NO2. The second-order valence-corrected chi connectivity index (χ2v) is 5.34. The summed E-state index contributed by atoms with van der Waals surface area (Å²) in [6.45, 7) is 3.42. The number of benzene rings is 1. The van der Waals surface area contributed by atoms with Crippen LogP contribution in [0.15, 0.2) is 29.8 Å². The second-order valence-electron chi connectivity index (χ2n) is 5.34. The van der Waals surface area contributed by atoms with E-state index in [9.17, 15) is 4.79 Å². The van der Waals surface area contributed by atoms with Gasteiger partial charge in [-0.05, 0) is 42.0 Å². The zero-order valence-electron chi connectivity index (χ0n) is 10.3. The van der Waals surface area contributed by atoms with Crippen molar-refractivity contribution in [1.29, 1.82) is 0 Å². The van der Waals surface area contributed by atoms with E-state index in [0.29, 0.717) is 5.56 Å². The van der Waals surface area contributed by atoms with Crippen LogP contribution in [0, 0.1) is 5.92 Å². The Hall–Kier alpha value is -1.61. The zero-order valence-corrected chi connectivity index (χ0v) is 10.3. The highest BCUT2D eigenvalue weighted by molar-refractivity contribution is 5.87. The van der Waals surface area contributed by atoms with Crippen molar-refractivity contribution >= 4 is 12.0 Å². The van der Waals surface area contributed by atoms with E-state index in [4.69, 9.17) is 5.11 Å². The third kappa shape index (κ3) is 2.62. The average molecular weight is 243 g/mol. The Morgan fingerprint density at radius 2 is 1.94 bits per heavy atom. The average Bonchev–Trinajstić information content (AvgIpc) is 3.11. The van der Waals surface area contributed by atoms with Crippen LogP contribution in [0.3, 0.4) is 0 Å². The molecule has 18 heavy (non-hydrogen) atoms. The van der Waals surface area contributed by atoms with Gasteiger partial charge < -0.3 is 5.11 Å². The fraction of sp³-hybridized carbons (Fsp3) is 0.400. The summed E-state index contributed by atoms with van der Waals surface area (Å²) in [6, 6.07) is 7.07. The molecule has 0 radical (unpaired) electrons. The Balaban J connectivity index is 1.57. The van der Waals surface area contributed by atoms with Gasteiger partial charge in [0.25, 0.3) is 0 Å². The van der Waals surface area contributed by atoms with E-state index in [-0.39, 0.29) is 0 Å². The highest BCUT2D eigenvalue weighted by Crippen LogP contribution is 2.32. The highest BCUT2D eigenvalue weighted by atomic mass is 16.4. The number of rotatable bonds is 4. The summed E-state index contributed by atoms with van der Waals surface area (Å²) >= 11 is 0. The summed E-state index contributed by atoms with van der Waals surface area (Å²) in [5.41, 5.74) is 2.89. The van der Waals surface area contributed by atoms with Crippen LogP contribution in [0.1, 0.15) is 28.8 Å². The largest absolute Gasteiger partial charge is 0.478 e. The lowest BCUT2D eigenvalue weighted by atomic mass is 10.0. The quantitative estimate of drug-likeness (QED) is 0.883. The van der Waals surface area contributed by atoms with Crippen molar-refractivity contribution in [2.24, 2.45) is 5.92 Å². The van der Waals surface area contributed by atoms with E-state index in [1.54, 1.807) is 12.1 Å². The number of carboxylic acid groups (broad SMARTS) is 1. The Kier molecular flexibility index (Phi) is 2.92. The summed E-state index contributed by atoms with van der Waals surface area (Å²) in [7, 11) is 0. The molecule has 1 saturated heterocycles. The fourth-order valence-corrected chi connectivity index (χ4v) is 2.37. The van der Waals surface area contributed by atoms with Crippen LogP contribution < -0.4 is 0 Å². The van der Waals surface area contributed by atoms with Crippen LogP contribution in [0.4, 0.5) is 0 Å². The van der Waals surface area contributed by atoms with Crippen molar-refractivity contribution < 1.29 is 9.90 Å². The van der Waals surface area contributed by atoms with Gasteiger partial charge in [0.2, 0.25) is 0 Å². The molecule has 0 aromatic heterocycles. The molecule has 1 aromatic carbocycles. The summed E-state index contributed by atoms with van der Waals surface area (Å²) in [5, 5.41) is 8.82. The molecule has 0 unspecified atom stereocenters. The van der Waals surface area contributed by atoms with Gasteiger partial charge in [0.05, 0.1) is 5.56 Å². The number of carboxylic acids is 1. The molecule has 0 amide bonds. The van der Waals surface area contributed by atoms with Crippen molar-refractivity contribution in [3.05, 3.63) is 41.0 Å². The molecule has 1 aliphatic heterocycles. The lowest BCUT2D eigenvalue weighted by Gasteiger charge is -2.34. The fourth-order valence-electron chi connectivity index (χ4n) is 2.37. The van der Waals surface area contributed by atoms with Gasteiger partial charge in [-0.25, -0.2) is 4.79 Å². The van der Waals surface area contributed by atoms with E-state index in [1.165, 1.54) is 25.0 Å². The summed E-state index contributed by atoms with van der Waals surface area (Å²) in [6.07, 6.45) is 4.99. The Bertz CT molecular complexity index is 478. The standard InChI is InChI=1S/C15H17NO2/c17-15(18)14-5-3-11(4-6-14)7-13-9-16(10-13)8-12-1-2-12/h3-7,12H,1-2,8-10H2,(H,17,18). The molecular weight excluding hydrogens is 226 g/mol. The molecule has 2 fully saturated rings. The minimum absolute atomic E-state index is 0.348. The molecule has 94 valence electrons. The van der Waals surface area contributed by atoms with E-state index in [0.717, 1.165) is 24.6 Å². The number of hydrogen-bond donors (Lipinski definition) is 1. The molecule has 1 saturated carbocycles. The number of nitrogens with zero attached hydrogens (tertiary/aromatic N) is 1. The topological polar surface area (TPSA) is 40.5 Å². The molecule has 2 aliphatic rings. The van der Waals surface area contributed by atoms with Gasteiger partial charge >= 0.3 is 5.97 Å². The van der Waals surface area contributed by atoms with Gasteiger partial charge in [-0.3, -0.25) is 4.90 Å². The van der Waals surface area contributed by atoms with E-state index in [1.807, 2.05) is 12.1 Å². The minimum atomic E-state index is -0.867. The van der Waals surface area contributed by atoms with Crippen LogP contribution in [0.25, 0.3) is 6.08 Å². The summed E-state index contributed by atoms with van der Waals surface area (Å²) in [5.74, 6) is 0.0925. The first-order valence-electron chi connectivity index (χ1n) is 6.46. The van der Waals surface area contributed by atoms with Crippen molar-refractivity contribution in [1.82, 2.24) is 4.90 Å². The first-order valence-corrected chi connectivity index (χ1v) is 6.46. The Morgan fingerprint density at radius 1 is 1.28 bits per heavy atom. The van der Waals surface area contributed by atoms with Crippen molar-refractivity contribution in [2.75, 3.05) is 19.6 Å². The number of aromatic carboxylic acids is 1. The van der Waals surface area contributed by atoms with E-state index < -0.39 is 5.97 Å². The molecule has 3 rings (SSSR count). The Labute approximate surface area is 107 Å². The minimum Gasteiger partial charge on any atom is -0.478 e. The highest BCUT2D eigenvalue weighted by Gasteiger charge is 2.28. The van der Waals surface area contributed by atoms with Crippen molar-refractivity contribution in [2.45, 2.75) is 12.8 Å². The second kappa shape index (κ2) is 4.58. The van der Waals surface area contributed by atoms with Crippen molar-refractivity contribution in [3.63, 3.8) is 0 Å². The third-order valence-corrected chi connectivity index (χ3v) is 3.60. The van der Waals surface area contributed by atoms with Crippen LogP contribution in [0.2, 0.25) is 0 Å². The van der Waals surface area contributed by atoms with Crippen molar-refractivity contribution in [3.8, 4) is 0 Å². The molecule has 3 heteroatoms. The maximum atomic E-state index is 10.7. The molecule has 1 aliphatic carbocycles. The SMILES string of the molecule is O=C(O)c1ccc(C=C2CN(CC3CC3)C2)cc1. The lowest BCUT2D eigenvalue weighted by molar-refractivity contribution is 0.0697. The van der Waals surface area contributed by atoms with Gasteiger partial charge in [0.15, 0.2) is 0 Å². The molecule has 1 aromatic rings. The predicted molar refractivity (Wildman–Crippen MR) is 70.5 cm³/mol. The third-order valence-electron chi connectivity index (χ3n) is 3.60. The predicted octanol–water partition coefficient (Wildman–Crippen LogP) is 2.49. The van der Waals surface area contributed by atoms with Gasteiger partial charge in [-0.1, -0.05) is 18.2 Å². The lowest BCUT2D eigenvalue weighted by Crippen LogP contribution is -2.41. The maximum absolute atomic E-state index is 10.7. The van der Waals surface area contributed by atoms with Gasteiger partial charge in [0.1, 0.15) is 0 Å². The Morgan fingerprint density at radius 3 is 2.50 bits per heavy atom. The number of likely N-dealkylation sites (tertiary alicyclic amines) is 1. The first kappa shape index (κ1) is 11.5. The monoisotopic (exact) mass is 243 g/mol. The van der Waals surface area contributed by atoms with E-state index in [2.05, 4.69) is 11.0 Å². The van der Waals surface area contributed by atoms with Crippen LogP contribution in [0.5, 0.6) is 0 Å². The first-order chi connectivity index (χ1) is 8.70. The molecule has 0 atom stereocenters. The van der Waals surface area contributed by atoms with Gasteiger partial charge in [-0.2, -0.15) is 0 Å². The molecule has 1 N–H and O–H groups in total. The summed E-state index contributed by atoms with van der Waals surface area (Å²) in [4.78, 5) is 13.2. The smallest absolute Gasteiger partial charge is 0.335 e. The number of hydrogen-bond acceptors (Lipinski definition) is 2. The molecule has 3 nitrogen and oxygen atoms in total. The number of carbonyl (C=O) groups is 1.